The third kappa shape index (κ3) is 4.35. The molecule has 1 aliphatic carbocycles. The van der Waals surface area contributed by atoms with Gasteiger partial charge in [0.1, 0.15) is 0 Å². The molecule has 7 nitrogen and oxygen atoms in total. The Labute approximate surface area is 200 Å². The van der Waals surface area contributed by atoms with E-state index in [0.29, 0.717) is 16.8 Å². The Morgan fingerprint density at radius 2 is 1.54 bits per heavy atom. The molecule has 35 heavy (non-hydrogen) atoms. The summed E-state index contributed by atoms with van der Waals surface area (Å²) in [5.41, 5.74) is 3.01. The number of amides is 1. The third-order valence-corrected chi connectivity index (χ3v) is 5.62. The molecule has 1 aliphatic rings. The van der Waals surface area contributed by atoms with Crippen LogP contribution in [0.2, 0.25) is 0 Å². The molecule has 0 fully saturated rings. The Kier molecular flexibility index (Phi) is 5.73. The first kappa shape index (κ1) is 21.9. The van der Waals surface area contributed by atoms with Gasteiger partial charge in [0.05, 0.1) is 5.52 Å². The van der Waals surface area contributed by atoms with Gasteiger partial charge >= 0.3 is 5.97 Å². The Hall–Kier alpha value is -4.91. The predicted octanol–water partition coefficient (Wildman–Crippen LogP) is 4.21. The van der Waals surface area contributed by atoms with Crippen LogP contribution in [0.1, 0.15) is 37.4 Å². The van der Waals surface area contributed by atoms with Crippen LogP contribution in [0.4, 0.5) is 5.69 Å². The largest absolute Gasteiger partial charge is 0.452 e. The first-order valence-electron chi connectivity index (χ1n) is 10.8. The van der Waals surface area contributed by atoms with Gasteiger partial charge in [-0.15, -0.1) is 0 Å². The molecule has 0 aliphatic heterocycles. The number of nitrogens with one attached hydrogen (secondary N) is 1. The molecule has 1 N–H and O–H groups in total. The van der Waals surface area contributed by atoms with E-state index in [1.165, 1.54) is 24.3 Å². The van der Waals surface area contributed by atoms with Crippen molar-refractivity contribution in [2.45, 2.75) is 0 Å². The smallest absolute Gasteiger partial charge is 0.331 e. The Bertz CT molecular complexity index is 1550. The lowest BCUT2D eigenvalue weighted by atomic mass is 9.84. The highest BCUT2D eigenvalue weighted by atomic mass is 16.5. The standard InChI is InChI=1S/C28H18N2O5/c31-24(16-35-25(32)13-10-18-6-3-5-17-7-4-14-29-26(17)18)30-19-11-12-22-23(15-19)28(34)21-9-2-1-8-20(21)27(22)33/h1-15H,16H2,(H,30,31)/b13-10+. The van der Waals surface area contributed by atoms with Crippen LogP contribution in [-0.2, 0) is 14.3 Å². The van der Waals surface area contributed by atoms with E-state index in [9.17, 15) is 19.2 Å². The second-order valence-electron chi connectivity index (χ2n) is 7.88. The number of anilines is 1. The molecule has 0 unspecified atom stereocenters. The maximum atomic E-state index is 12.8. The predicted molar refractivity (Wildman–Crippen MR) is 130 cm³/mol. The number of ether oxygens (including phenoxy) is 1. The van der Waals surface area contributed by atoms with Gasteiger partial charge in [0.15, 0.2) is 18.2 Å². The molecular formula is C28H18N2O5. The molecule has 4 aromatic rings. The van der Waals surface area contributed by atoms with E-state index in [-0.39, 0.29) is 22.7 Å². The summed E-state index contributed by atoms with van der Waals surface area (Å²) in [6, 6.07) is 20.5. The van der Waals surface area contributed by atoms with Gasteiger partial charge in [0, 0.05) is 51.2 Å². The summed E-state index contributed by atoms with van der Waals surface area (Å²) in [6.07, 6.45) is 4.49. The van der Waals surface area contributed by atoms with E-state index < -0.39 is 18.5 Å². The van der Waals surface area contributed by atoms with Crippen LogP contribution in [0, 0.1) is 0 Å². The molecule has 0 saturated carbocycles. The van der Waals surface area contributed by atoms with Crippen LogP contribution in [0.5, 0.6) is 0 Å². The molecule has 3 aromatic carbocycles. The quantitative estimate of drug-likeness (QED) is 0.310. The molecular weight excluding hydrogens is 444 g/mol. The number of hydrogen-bond acceptors (Lipinski definition) is 6. The first-order valence-corrected chi connectivity index (χ1v) is 10.8. The molecule has 5 rings (SSSR count). The van der Waals surface area contributed by atoms with Crippen molar-refractivity contribution in [2.75, 3.05) is 11.9 Å². The number of aromatic nitrogens is 1. The van der Waals surface area contributed by atoms with Crippen molar-refractivity contribution in [1.29, 1.82) is 0 Å². The minimum Gasteiger partial charge on any atom is -0.452 e. The molecule has 0 bridgehead atoms. The number of ketones is 2. The van der Waals surface area contributed by atoms with Crippen LogP contribution in [-0.4, -0.2) is 35.0 Å². The van der Waals surface area contributed by atoms with Gasteiger partial charge in [0.2, 0.25) is 0 Å². The van der Waals surface area contributed by atoms with Crippen LogP contribution in [0.15, 0.2) is 85.1 Å². The number of hydrogen-bond donors (Lipinski definition) is 1. The zero-order valence-electron chi connectivity index (χ0n) is 18.4. The second-order valence-corrected chi connectivity index (χ2v) is 7.88. The van der Waals surface area contributed by atoms with Crippen molar-refractivity contribution in [3.05, 3.63) is 113 Å². The van der Waals surface area contributed by atoms with Crippen molar-refractivity contribution in [3.8, 4) is 0 Å². The minimum absolute atomic E-state index is 0.218. The number of nitrogens with zero attached hydrogens (tertiary/aromatic N) is 1. The van der Waals surface area contributed by atoms with Gasteiger partial charge in [-0.3, -0.25) is 19.4 Å². The molecule has 1 amide bonds. The summed E-state index contributed by atoms with van der Waals surface area (Å²) >= 11 is 0. The number of carbonyl (C=O) groups excluding carboxylic acids is 4. The summed E-state index contributed by atoms with van der Waals surface area (Å²) in [7, 11) is 0. The van der Waals surface area contributed by atoms with E-state index in [4.69, 9.17) is 4.74 Å². The van der Waals surface area contributed by atoms with E-state index in [0.717, 1.165) is 16.5 Å². The Balaban J connectivity index is 1.22. The molecule has 0 saturated heterocycles. The fourth-order valence-electron chi connectivity index (χ4n) is 3.98. The summed E-state index contributed by atoms with van der Waals surface area (Å²) < 4.78 is 5.03. The normalized spacial score (nSPS) is 12.3. The van der Waals surface area contributed by atoms with Crippen LogP contribution < -0.4 is 5.32 Å². The molecule has 0 radical (unpaired) electrons. The average Bonchev–Trinajstić information content (AvgIpc) is 2.89. The van der Waals surface area contributed by atoms with E-state index in [2.05, 4.69) is 10.3 Å². The molecule has 1 heterocycles. The molecule has 1 aromatic heterocycles. The van der Waals surface area contributed by atoms with Gasteiger partial charge in [0.25, 0.3) is 5.91 Å². The SMILES string of the molecule is O=C(COC(=O)/C=C/c1cccc2cccnc12)Nc1ccc2c(c1)C(=O)c1ccccc1C2=O. The zero-order chi connectivity index (χ0) is 24.4. The Morgan fingerprint density at radius 3 is 2.34 bits per heavy atom. The number of pyridine rings is 1. The average molecular weight is 462 g/mol. The number of esters is 1. The monoisotopic (exact) mass is 462 g/mol. The summed E-state index contributed by atoms with van der Waals surface area (Å²) in [5, 5.41) is 3.53. The fourth-order valence-corrected chi connectivity index (χ4v) is 3.98. The molecule has 0 atom stereocenters. The van der Waals surface area contributed by atoms with Crippen molar-refractivity contribution in [1.82, 2.24) is 4.98 Å². The fraction of sp³-hybridized carbons (Fsp3) is 0.0357. The number of rotatable bonds is 5. The van der Waals surface area contributed by atoms with Crippen LogP contribution >= 0.6 is 0 Å². The van der Waals surface area contributed by atoms with Crippen molar-refractivity contribution in [2.24, 2.45) is 0 Å². The van der Waals surface area contributed by atoms with Crippen molar-refractivity contribution < 1.29 is 23.9 Å². The number of carbonyl (C=O) groups is 4. The first-order chi connectivity index (χ1) is 17.0. The van der Waals surface area contributed by atoms with E-state index in [1.54, 1.807) is 36.5 Å². The van der Waals surface area contributed by atoms with Crippen molar-refractivity contribution in [3.63, 3.8) is 0 Å². The summed E-state index contributed by atoms with van der Waals surface area (Å²) in [6.45, 7) is -0.510. The maximum absolute atomic E-state index is 12.8. The van der Waals surface area contributed by atoms with Crippen molar-refractivity contribution >= 4 is 46.1 Å². The molecule has 170 valence electrons. The lowest BCUT2D eigenvalue weighted by Gasteiger charge is -2.18. The van der Waals surface area contributed by atoms with Gasteiger partial charge in [-0.25, -0.2) is 4.79 Å². The highest BCUT2D eigenvalue weighted by Gasteiger charge is 2.29. The van der Waals surface area contributed by atoms with Gasteiger partial charge in [-0.1, -0.05) is 48.5 Å². The molecule has 7 heteroatoms. The van der Waals surface area contributed by atoms with E-state index >= 15 is 0 Å². The number of benzene rings is 3. The highest BCUT2D eigenvalue weighted by Crippen LogP contribution is 2.29. The van der Waals surface area contributed by atoms with Gasteiger partial charge in [-0.2, -0.15) is 0 Å². The maximum Gasteiger partial charge on any atom is 0.331 e. The third-order valence-electron chi connectivity index (χ3n) is 5.62. The Morgan fingerprint density at radius 1 is 0.829 bits per heavy atom. The topological polar surface area (TPSA) is 102 Å². The lowest BCUT2D eigenvalue weighted by Crippen LogP contribution is -2.23. The molecule has 0 spiro atoms. The zero-order valence-corrected chi connectivity index (χ0v) is 18.4. The lowest BCUT2D eigenvalue weighted by molar-refractivity contribution is -0.142. The minimum atomic E-state index is -0.684. The highest BCUT2D eigenvalue weighted by molar-refractivity contribution is 6.28. The summed E-state index contributed by atoms with van der Waals surface area (Å²) in [4.78, 5) is 54.3. The van der Waals surface area contributed by atoms with Gasteiger partial charge < -0.3 is 10.1 Å². The van der Waals surface area contributed by atoms with Crippen LogP contribution in [0.3, 0.4) is 0 Å². The second kappa shape index (κ2) is 9.15. The van der Waals surface area contributed by atoms with E-state index in [1.807, 2.05) is 30.3 Å². The summed E-state index contributed by atoms with van der Waals surface area (Å²) in [5.74, 6) is -1.79. The van der Waals surface area contributed by atoms with Crippen LogP contribution in [0.25, 0.3) is 17.0 Å². The number of fused-ring (bicyclic) bond motifs is 3. The van der Waals surface area contributed by atoms with Gasteiger partial charge in [-0.05, 0) is 30.3 Å². The number of para-hydroxylation sites is 1.